The Morgan fingerprint density at radius 3 is 2.74 bits per heavy atom. The van der Waals surface area contributed by atoms with Crippen molar-refractivity contribution in [1.29, 1.82) is 0 Å². The summed E-state index contributed by atoms with van der Waals surface area (Å²) >= 11 is 0. The molecular weight excluding hydrogens is 292 g/mol. The Morgan fingerprint density at radius 2 is 1.91 bits per heavy atom. The number of hydrogen-bond donors (Lipinski definition) is 1. The van der Waals surface area contributed by atoms with Gasteiger partial charge < -0.3 is 14.6 Å². The van der Waals surface area contributed by atoms with E-state index in [9.17, 15) is 9.59 Å². The van der Waals surface area contributed by atoms with Crippen LogP contribution >= 0.6 is 0 Å². The number of nitrogens with zero attached hydrogens (tertiary/aromatic N) is 1. The summed E-state index contributed by atoms with van der Waals surface area (Å²) in [6, 6.07) is 14.8. The van der Waals surface area contributed by atoms with Crippen molar-refractivity contribution in [2.75, 3.05) is 12.0 Å². The molecule has 0 aliphatic carbocycles. The summed E-state index contributed by atoms with van der Waals surface area (Å²) in [5.41, 5.74) is 2.13. The molecule has 0 fully saturated rings. The zero-order valence-corrected chi connectivity index (χ0v) is 12.5. The molecule has 0 bridgehead atoms. The van der Waals surface area contributed by atoms with Crippen molar-refractivity contribution in [3.63, 3.8) is 0 Å². The Labute approximate surface area is 132 Å². The SMILES string of the molecule is COc1cccc(N2Cc3c(c(=O)[nH]c4ccccc34)C2=O)c1. The van der Waals surface area contributed by atoms with E-state index < -0.39 is 0 Å². The van der Waals surface area contributed by atoms with Gasteiger partial charge in [-0.3, -0.25) is 9.59 Å². The molecule has 1 aliphatic rings. The summed E-state index contributed by atoms with van der Waals surface area (Å²) in [5.74, 6) is 0.394. The third-order valence-corrected chi connectivity index (χ3v) is 4.17. The minimum atomic E-state index is -0.339. The number of aromatic nitrogens is 1. The quantitative estimate of drug-likeness (QED) is 0.792. The van der Waals surface area contributed by atoms with Crippen molar-refractivity contribution in [2.45, 2.75) is 6.54 Å². The molecule has 0 unspecified atom stereocenters. The highest BCUT2D eigenvalue weighted by molar-refractivity contribution is 6.12. The van der Waals surface area contributed by atoms with Crippen molar-refractivity contribution in [3.05, 3.63) is 70.0 Å². The molecule has 1 amide bonds. The molecule has 5 nitrogen and oxygen atoms in total. The normalized spacial score (nSPS) is 13.4. The molecule has 114 valence electrons. The number of ether oxygens (including phenoxy) is 1. The minimum Gasteiger partial charge on any atom is -0.497 e. The molecule has 0 radical (unpaired) electrons. The molecule has 4 rings (SSSR count). The zero-order chi connectivity index (χ0) is 16.0. The molecule has 1 aromatic heterocycles. The van der Waals surface area contributed by atoms with Crippen molar-refractivity contribution < 1.29 is 9.53 Å². The lowest BCUT2D eigenvalue weighted by atomic mass is 10.1. The third kappa shape index (κ3) is 2.01. The van der Waals surface area contributed by atoms with Gasteiger partial charge in [-0.15, -0.1) is 0 Å². The maximum Gasteiger partial charge on any atom is 0.264 e. The van der Waals surface area contributed by atoms with Crippen LogP contribution in [0.1, 0.15) is 15.9 Å². The number of carbonyl (C=O) groups is 1. The van der Waals surface area contributed by atoms with Crippen molar-refractivity contribution >= 4 is 22.5 Å². The molecule has 3 aromatic rings. The molecule has 0 saturated heterocycles. The molecule has 23 heavy (non-hydrogen) atoms. The van der Waals surface area contributed by atoms with E-state index in [-0.39, 0.29) is 17.0 Å². The fourth-order valence-electron chi connectivity index (χ4n) is 3.05. The van der Waals surface area contributed by atoms with Gasteiger partial charge >= 0.3 is 0 Å². The predicted octanol–water partition coefficient (Wildman–Crippen LogP) is 2.70. The first-order valence-corrected chi connectivity index (χ1v) is 7.29. The van der Waals surface area contributed by atoms with Crippen molar-refractivity contribution in [2.24, 2.45) is 0 Å². The van der Waals surface area contributed by atoms with Crippen LogP contribution in [0.5, 0.6) is 5.75 Å². The molecule has 0 atom stereocenters. The number of H-pyrrole nitrogens is 1. The Morgan fingerprint density at radius 1 is 1.09 bits per heavy atom. The highest BCUT2D eigenvalue weighted by atomic mass is 16.5. The maximum absolute atomic E-state index is 12.7. The van der Waals surface area contributed by atoms with E-state index in [2.05, 4.69) is 4.98 Å². The summed E-state index contributed by atoms with van der Waals surface area (Å²) in [7, 11) is 1.58. The first-order valence-electron chi connectivity index (χ1n) is 7.29. The van der Waals surface area contributed by atoms with E-state index in [1.165, 1.54) is 0 Å². The Hall–Kier alpha value is -3.08. The number of methoxy groups -OCH3 is 1. The van der Waals surface area contributed by atoms with Crippen LogP contribution in [0.3, 0.4) is 0 Å². The molecule has 2 heterocycles. The van der Waals surface area contributed by atoms with Gasteiger partial charge in [0, 0.05) is 22.7 Å². The van der Waals surface area contributed by atoms with Crippen LogP contribution < -0.4 is 15.2 Å². The molecule has 2 aromatic carbocycles. The lowest BCUT2D eigenvalue weighted by Gasteiger charge is -2.16. The first-order chi connectivity index (χ1) is 11.2. The molecule has 1 aliphatic heterocycles. The van der Waals surface area contributed by atoms with Crippen LogP contribution in [0.2, 0.25) is 0 Å². The minimum absolute atomic E-state index is 0.228. The Balaban J connectivity index is 1.89. The summed E-state index contributed by atoms with van der Waals surface area (Å²) < 4.78 is 5.21. The Kier molecular flexibility index (Phi) is 2.94. The summed E-state index contributed by atoms with van der Waals surface area (Å²) in [5, 5.41) is 0.904. The average Bonchev–Trinajstić information content (AvgIpc) is 2.93. The summed E-state index contributed by atoms with van der Waals surface area (Å²) in [6.07, 6.45) is 0. The monoisotopic (exact) mass is 306 g/mol. The second kappa shape index (κ2) is 4.98. The van der Waals surface area contributed by atoms with Crippen LogP contribution in [-0.4, -0.2) is 18.0 Å². The van der Waals surface area contributed by atoms with Gasteiger partial charge in [0.2, 0.25) is 0 Å². The Bertz CT molecular complexity index is 991. The fourth-order valence-corrected chi connectivity index (χ4v) is 3.05. The largest absolute Gasteiger partial charge is 0.497 e. The summed E-state index contributed by atoms with van der Waals surface area (Å²) in [4.78, 5) is 29.4. The van der Waals surface area contributed by atoms with Gasteiger partial charge in [0.25, 0.3) is 11.5 Å². The summed E-state index contributed by atoms with van der Waals surface area (Å²) in [6.45, 7) is 0.381. The average molecular weight is 306 g/mol. The van der Waals surface area contributed by atoms with Crippen LogP contribution in [0, 0.1) is 0 Å². The number of benzene rings is 2. The number of aromatic amines is 1. The highest BCUT2D eigenvalue weighted by Gasteiger charge is 2.33. The van der Waals surface area contributed by atoms with E-state index in [4.69, 9.17) is 4.74 Å². The van der Waals surface area contributed by atoms with Crippen LogP contribution in [0.15, 0.2) is 53.3 Å². The number of anilines is 1. The highest BCUT2D eigenvalue weighted by Crippen LogP contribution is 2.31. The van der Waals surface area contributed by atoms with E-state index in [1.807, 2.05) is 42.5 Å². The molecule has 0 saturated carbocycles. The molecule has 1 N–H and O–H groups in total. The smallest absolute Gasteiger partial charge is 0.264 e. The van der Waals surface area contributed by atoms with E-state index in [0.29, 0.717) is 18.0 Å². The number of amides is 1. The predicted molar refractivity (Wildman–Crippen MR) is 88.1 cm³/mol. The van der Waals surface area contributed by atoms with Gasteiger partial charge in [0.1, 0.15) is 11.3 Å². The van der Waals surface area contributed by atoms with Crippen molar-refractivity contribution in [3.8, 4) is 5.75 Å². The van der Waals surface area contributed by atoms with Gasteiger partial charge in [-0.25, -0.2) is 0 Å². The lowest BCUT2D eigenvalue weighted by molar-refractivity contribution is 0.0995. The van der Waals surface area contributed by atoms with Crippen LogP contribution in [0.25, 0.3) is 10.9 Å². The maximum atomic E-state index is 12.7. The number of para-hydroxylation sites is 1. The van der Waals surface area contributed by atoms with Gasteiger partial charge in [0.05, 0.1) is 13.7 Å². The van der Waals surface area contributed by atoms with Gasteiger partial charge in [-0.05, 0) is 23.8 Å². The van der Waals surface area contributed by atoms with Crippen molar-refractivity contribution in [1.82, 2.24) is 4.98 Å². The second-order valence-electron chi connectivity index (χ2n) is 5.45. The molecular formula is C18H14N2O3. The standard InChI is InChI=1S/C18H14N2O3/c1-23-12-6-4-5-11(9-12)20-10-14-13-7-2-3-8-15(13)19-17(21)16(14)18(20)22/h2-9H,10H2,1H3,(H,19,21). The fraction of sp³-hybridized carbons (Fsp3) is 0.111. The van der Waals surface area contributed by atoms with Gasteiger partial charge in [-0.1, -0.05) is 24.3 Å². The number of hydrogen-bond acceptors (Lipinski definition) is 3. The van der Waals surface area contributed by atoms with E-state index in [0.717, 1.165) is 16.5 Å². The number of pyridine rings is 1. The van der Waals surface area contributed by atoms with Gasteiger partial charge in [-0.2, -0.15) is 0 Å². The number of fused-ring (bicyclic) bond motifs is 3. The topological polar surface area (TPSA) is 62.4 Å². The lowest BCUT2D eigenvalue weighted by Crippen LogP contribution is -2.26. The van der Waals surface area contributed by atoms with Crippen LogP contribution in [0.4, 0.5) is 5.69 Å². The zero-order valence-electron chi connectivity index (χ0n) is 12.5. The number of nitrogens with one attached hydrogen (secondary N) is 1. The number of rotatable bonds is 2. The molecule has 5 heteroatoms. The first kappa shape index (κ1) is 13.6. The molecule has 0 spiro atoms. The number of carbonyl (C=O) groups excluding carboxylic acids is 1. The van der Waals surface area contributed by atoms with E-state index >= 15 is 0 Å². The third-order valence-electron chi connectivity index (χ3n) is 4.17. The second-order valence-corrected chi connectivity index (χ2v) is 5.45. The van der Waals surface area contributed by atoms with E-state index in [1.54, 1.807) is 18.1 Å². The van der Waals surface area contributed by atoms with Crippen LogP contribution in [-0.2, 0) is 6.54 Å². The van der Waals surface area contributed by atoms with Gasteiger partial charge in [0.15, 0.2) is 0 Å².